The van der Waals surface area contributed by atoms with Gasteiger partial charge < -0.3 is 15.2 Å². The molecule has 1 unspecified atom stereocenters. The van der Waals surface area contributed by atoms with Crippen molar-refractivity contribution in [1.29, 1.82) is 0 Å². The van der Waals surface area contributed by atoms with Crippen LogP contribution in [0.2, 0.25) is 0 Å². The Morgan fingerprint density at radius 1 is 0.722 bits per heavy atom. The lowest BCUT2D eigenvalue weighted by molar-refractivity contribution is -0.137. The summed E-state index contributed by atoms with van der Waals surface area (Å²) in [7, 11) is 0. The zero-order valence-corrected chi connectivity index (χ0v) is 20.9. The number of hydrogen-bond donors (Lipinski definition) is 2. The Morgan fingerprint density at radius 2 is 1.36 bits per heavy atom. The van der Waals surface area contributed by atoms with E-state index in [1.165, 1.54) is 5.56 Å². The molecule has 0 spiro atoms. The Kier molecular flexibility index (Phi) is 11.6. The van der Waals surface area contributed by atoms with Crippen molar-refractivity contribution in [3.05, 3.63) is 102 Å². The molecule has 36 heavy (non-hydrogen) atoms. The third kappa shape index (κ3) is 10.3. The third-order valence-corrected chi connectivity index (χ3v) is 6.21. The van der Waals surface area contributed by atoms with Gasteiger partial charge in [-0.25, -0.2) is 0 Å². The van der Waals surface area contributed by atoms with E-state index in [1.54, 1.807) is 0 Å². The van der Waals surface area contributed by atoms with Crippen molar-refractivity contribution in [1.82, 2.24) is 5.32 Å². The first kappa shape index (κ1) is 27.0. The molecular weight excluding hydrogens is 450 g/mol. The molecular formula is C31H37NO4. The van der Waals surface area contributed by atoms with Crippen LogP contribution in [0.4, 0.5) is 0 Å². The molecule has 0 aromatic heterocycles. The second-order valence-electron chi connectivity index (χ2n) is 9.15. The predicted molar refractivity (Wildman–Crippen MR) is 143 cm³/mol. The molecule has 0 heterocycles. The number of carboxylic acids is 1. The number of amides is 1. The molecule has 0 aliphatic rings. The van der Waals surface area contributed by atoms with Crippen molar-refractivity contribution >= 4 is 11.9 Å². The molecule has 0 radical (unpaired) electrons. The minimum atomic E-state index is -0.819. The number of carbonyl (C=O) groups excluding carboxylic acids is 1. The van der Waals surface area contributed by atoms with Crippen LogP contribution in [-0.4, -0.2) is 17.0 Å². The fraction of sp³-hybridized carbons (Fsp3) is 0.355. The van der Waals surface area contributed by atoms with Crippen LogP contribution in [0, 0.1) is 0 Å². The van der Waals surface area contributed by atoms with Crippen LogP contribution in [0.15, 0.2) is 84.9 Å². The summed E-state index contributed by atoms with van der Waals surface area (Å²) >= 11 is 0. The summed E-state index contributed by atoms with van der Waals surface area (Å²) in [6, 6.07) is 28.0. The van der Waals surface area contributed by atoms with Crippen LogP contribution in [0.3, 0.4) is 0 Å². The maximum absolute atomic E-state index is 12.7. The number of carboxylic acid groups (broad SMARTS) is 1. The molecule has 3 rings (SSSR count). The van der Waals surface area contributed by atoms with Gasteiger partial charge in [-0.3, -0.25) is 9.59 Å². The molecule has 0 fully saturated rings. The second kappa shape index (κ2) is 15.4. The average molecular weight is 488 g/mol. The second-order valence-corrected chi connectivity index (χ2v) is 9.15. The van der Waals surface area contributed by atoms with Gasteiger partial charge in [-0.1, -0.05) is 85.6 Å². The normalized spacial score (nSPS) is 11.6. The zero-order chi connectivity index (χ0) is 25.4. The lowest BCUT2D eigenvalue weighted by atomic mass is 10.00. The molecule has 0 aliphatic carbocycles. The van der Waals surface area contributed by atoms with E-state index >= 15 is 0 Å². The Morgan fingerprint density at radius 3 is 2.03 bits per heavy atom. The SMILES string of the molecule is O=C(O)CCCC(NC(=O)CCCCCCc1ccccc1)c1ccc(OCc2ccccc2)cc1. The van der Waals surface area contributed by atoms with Crippen LogP contribution >= 0.6 is 0 Å². The molecule has 2 N–H and O–H groups in total. The number of nitrogens with one attached hydrogen (secondary N) is 1. The highest BCUT2D eigenvalue weighted by Gasteiger charge is 2.15. The molecule has 1 atom stereocenters. The molecule has 0 saturated heterocycles. The Balaban J connectivity index is 1.44. The standard InChI is InChI=1S/C31H37NO4/c33-30(18-10-2-1-5-12-25-13-6-3-7-14-25)32-29(17-11-19-31(34)35)27-20-22-28(23-21-27)36-24-26-15-8-4-9-16-26/h3-4,6-9,13-16,20-23,29H,1-2,5,10-12,17-19,24H2,(H,32,33)(H,34,35). The molecule has 1 amide bonds. The fourth-order valence-corrected chi connectivity index (χ4v) is 4.20. The Bertz CT molecular complexity index is 1040. The summed E-state index contributed by atoms with van der Waals surface area (Å²) < 4.78 is 5.87. The molecule has 3 aromatic rings. The van der Waals surface area contributed by atoms with E-state index < -0.39 is 5.97 Å². The Hall–Kier alpha value is -3.60. The van der Waals surface area contributed by atoms with Gasteiger partial charge in [0.05, 0.1) is 6.04 Å². The smallest absolute Gasteiger partial charge is 0.303 e. The van der Waals surface area contributed by atoms with Crippen molar-refractivity contribution in [3.8, 4) is 5.75 Å². The lowest BCUT2D eigenvalue weighted by Gasteiger charge is -2.20. The van der Waals surface area contributed by atoms with E-state index in [9.17, 15) is 9.59 Å². The van der Waals surface area contributed by atoms with Crippen molar-refractivity contribution < 1.29 is 19.4 Å². The highest BCUT2D eigenvalue weighted by molar-refractivity contribution is 5.76. The van der Waals surface area contributed by atoms with Gasteiger partial charge >= 0.3 is 5.97 Å². The van der Waals surface area contributed by atoms with Crippen LogP contribution in [0.1, 0.15) is 74.1 Å². The number of ether oxygens (including phenoxy) is 1. The van der Waals surface area contributed by atoms with E-state index in [-0.39, 0.29) is 18.4 Å². The van der Waals surface area contributed by atoms with Gasteiger partial charge in [-0.05, 0) is 60.9 Å². The average Bonchev–Trinajstić information content (AvgIpc) is 2.90. The number of benzene rings is 3. The monoisotopic (exact) mass is 487 g/mol. The number of aliphatic carboxylic acids is 1. The molecule has 0 aliphatic heterocycles. The van der Waals surface area contributed by atoms with Crippen molar-refractivity contribution in [2.45, 2.75) is 70.4 Å². The van der Waals surface area contributed by atoms with E-state index in [0.29, 0.717) is 25.9 Å². The van der Waals surface area contributed by atoms with E-state index in [4.69, 9.17) is 9.84 Å². The molecule has 5 heteroatoms. The molecule has 3 aromatic carbocycles. The molecule has 0 saturated carbocycles. The third-order valence-electron chi connectivity index (χ3n) is 6.21. The maximum Gasteiger partial charge on any atom is 0.303 e. The van der Waals surface area contributed by atoms with Gasteiger partial charge in [-0.2, -0.15) is 0 Å². The van der Waals surface area contributed by atoms with Gasteiger partial charge in [0.15, 0.2) is 0 Å². The van der Waals surface area contributed by atoms with Crippen molar-refractivity contribution in [3.63, 3.8) is 0 Å². The molecule has 5 nitrogen and oxygen atoms in total. The number of carbonyl (C=O) groups is 2. The van der Waals surface area contributed by atoms with Gasteiger partial charge in [-0.15, -0.1) is 0 Å². The van der Waals surface area contributed by atoms with Crippen LogP contribution < -0.4 is 10.1 Å². The van der Waals surface area contributed by atoms with Crippen LogP contribution in [0.25, 0.3) is 0 Å². The van der Waals surface area contributed by atoms with Crippen LogP contribution in [0.5, 0.6) is 5.75 Å². The van der Waals surface area contributed by atoms with Gasteiger partial charge in [0.25, 0.3) is 0 Å². The van der Waals surface area contributed by atoms with Gasteiger partial charge in [0, 0.05) is 12.8 Å². The Labute approximate surface area is 214 Å². The van der Waals surface area contributed by atoms with Crippen molar-refractivity contribution in [2.75, 3.05) is 0 Å². The fourth-order valence-electron chi connectivity index (χ4n) is 4.20. The summed E-state index contributed by atoms with van der Waals surface area (Å²) in [5.74, 6) is -0.0447. The van der Waals surface area contributed by atoms with E-state index in [1.807, 2.05) is 60.7 Å². The maximum atomic E-state index is 12.7. The topological polar surface area (TPSA) is 75.6 Å². The number of aryl methyl sites for hydroxylation is 1. The summed E-state index contributed by atoms with van der Waals surface area (Å²) in [5.41, 5.74) is 3.42. The van der Waals surface area contributed by atoms with Crippen LogP contribution in [-0.2, 0) is 22.6 Å². The summed E-state index contributed by atoms with van der Waals surface area (Å²) in [4.78, 5) is 23.6. The van der Waals surface area contributed by atoms with Gasteiger partial charge in [0.2, 0.25) is 5.91 Å². The zero-order valence-electron chi connectivity index (χ0n) is 20.9. The first-order valence-electron chi connectivity index (χ1n) is 12.9. The first-order valence-corrected chi connectivity index (χ1v) is 12.9. The predicted octanol–water partition coefficient (Wildman–Crippen LogP) is 6.87. The molecule has 0 bridgehead atoms. The number of hydrogen-bond acceptors (Lipinski definition) is 3. The largest absolute Gasteiger partial charge is 0.489 e. The minimum Gasteiger partial charge on any atom is -0.489 e. The summed E-state index contributed by atoms with van der Waals surface area (Å²) in [5, 5.41) is 12.2. The number of rotatable bonds is 16. The highest BCUT2D eigenvalue weighted by Crippen LogP contribution is 2.23. The minimum absolute atomic E-state index is 0.0165. The lowest BCUT2D eigenvalue weighted by Crippen LogP contribution is -2.28. The highest BCUT2D eigenvalue weighted by atomic mass is 16.5. The quantitative estimate of drug-likeness (QED) is 0.216. The first-order chi connectivity index (χ1) is 17.6. The van der Waals surface area contributed by atoms with Gasteiger partial charge in [0.1, 0.15) is 12.4 Å². The molecule has 190 valence electrons. The van der Waals surface area contributed by atoms with E-state index in [0.717, 1.165) is 49.0 Å². The summed E-state index contributed by atoms with van der Waals surface area (Å²) in [6.07, 6.45) is 6.85. The number of unbranched alkanes of at least 4 members (excludes halogenated alkanes) is 3. The van der Waals surface area contributed by atoms with Crippen molar-refractivity contribution in [2.24, 2.45) is 0 Å². The van der Waals surface area contributed by atoms with E-state index in [2.05, 4.69) is 29.6 Å². The summed E-state index contributed by atoms with van der Waals surface area (Å²) in [6.45, 7) is 0.490.